The number of hydrogen-bond acceptors (Lipinski definition) is 4. The molecule has 140 valence electrons. The molecule has 6 heteroatoms. The monoisotopic (exact) mass is 373 g/mol. The number of carbonyl (C=O) groups is 2. The fourth-order valence-corrected chi connectivity index (χ4v) is 6.97. The molecule has 2 amide bonds. The zero-order valence-electron chi connectivity index (χ0n) is 15.1. The molecule has 5 nitrogen and oxygen atoms in total. The van der Waals surface area contributed by atoms with Gasteiger partial charge in [0.25, 0.3) is 0 Å². The summed E-state index contributed by atoms with van der Waals surface area (Å²) in [6.07, 6.45) is 10.9. The highest BCUT2D eigenvalue weighted by Gasteiger charge is 2.51. The Morgan fingerprint density at radius 3 is 2.35 bits per heavy atom. The Morgan fingerprint density at radius 1 is 1.08 bits per heavy atom. The van der Waals surface area contributed by atoms with Crippen molar-refractivity contribution in [3.05, 3.63) is 11.1 Å². The van der Waals surface area contributed by atoms with Crippen molar-refractivity contribution in [3.8, 4) is 0 Å². The molecular formula is C20H27N3O2S. The summed E-state index contributed by atoms with van der Waals surface area (Å²) >= 11 is 1.47. The molecule has 0 saturated heterocycles. The van der Waals surface area contributed by atoms with Gasteiger partial charge in [-0.1, -0.05) is 0 Å². The summed E-state index contributed by atoms with van der Waals surface area (Å²) in [5, 5.41) is 8.33. The maximum atomic E-state index is 12.5. The SMILES string of the molecule is O=C(CC12CC3CC(CC(C3)C1)C2)NCC(=O)Nc1nc(C2CC2)cs1. The van der Waals surface area contributed by atoms with Crippen molar-refractivity contribution in [1.82, 2.24) is 10.3 Å². The lowest BCUT2D eigenvalue weighted by Gasteiger charge is -2.56. The summed E-state index contributed by atoms with van der Waals surface area (Å²) in [5.74, 6) is 3.01. The van der Waals surface area contributed by atoms with E-state index in [-0.39, 0.29) is 23.8 Å². The van der Waals surface area contributed by atoms with E-state index in [0.29, 0.717) is 17.5 Å². The number of rotatable bonds is 6. The van der Waals surface area contributed by atoms with Gasteiger partial charge < -0.3 is 10.6 Å². The standard InChI is InChI=1S/C20H27N3O2S/c24-17(9-20-6-12-3-13(7-20)5-14(4-12)8-20)21-10-18(25)23-19-22-16(11-26-19)15-1-2-15/h11-15H,1-10H2,(H,21,24)(H,22,23,25). The molecule has 0 unspecified atom stereocenters. The molecule has 1 aromatic heterocycles. The van der Waals surface area contributed by atoms with E-state index in [9.17, 15) is 9.59 Å². The van der Waals surface area contributed by atoms with Crippen LogP contribution in [0, 0.1) is 23.2 Å². The number of carbonyl (C=O) groups excluding carboxylic acids is 2. The van der Waals surface area contributed by atoms with Crippen LogP contribution in [-0.2, 0) is 9.59 Å². The number of nitrogens with zero attached hydrogens (tertiary/aromatic N) is 1. The lowest BCUT2D eigenvalue weighted by atomic mass is 9.49. The van der Waals surface area contributed by atoms with E-state index in [0.717, 1.165) is 23.4 Å². The molecule has 0 atom stereocenters. The van der Waals surface area contributed by atoms with Gasteiger partial charge in [-0.05, 0) is 74.5 Å². The van der Waals surface area contributed by atoms with Gasteiger partial charge in [-0.25, -0.2) is 4.98 Å². The molecule has 0 spiro atoms. The maximum Gasteiger partial charge on any atom is 0.245 e. The molecule has 5 fully saturated rings. The third-order valence-electron chi connectivity index (χ3n) is 6.91. The number of aromatic nitrogens is 1. The second-order valence-electron chi connectivity index (χ2n) is 9.27. The number of thiazole rings is 1. The zero-order chi connectivity index (χ0) is 17.7. The molecule has 26 heavy (non-hydrogen) atoms. The van der Waals surface area contributed by atoms with Gasteiger partial charge in [-0.15, -0.1) is 11.3 Å². The van der Waals surface area contributed by atoms with E-state index < -0.39 is 0 Å². The minimum absolute atomic E-state index is 0.0416. The third kappa shape index (κ3) is 3.40. The normalized spacial score (nSPS) is 34.7. The molecule has 2 N–H and O–H groups in total. The van der Waals surface area contributed by atoms with E-state index in [1.807, 2.05) is 5.38 Å². The quantitative estimate of drug-likeness (QED) is 0.799. The largest absolute Gasteiger partial charge is 0.347 e. The first-order valence-corrected chi connectivity index (χ1v) is 11.0. The van der Waals surface area contributed by atoms with Crippen LogP contribution >= 0.6 is 11.3 Å². The van der Waals surface area contributed by atoms with Crippen molar-refractivity contribution in [1.29, 1.82) is 0 Å². The highest BCUT2D eigenvalue weighted by Crippen LogP contribution is 2.61. The highest BCUT2D eigenvalue weighted by molar-refractivity contribution is 7.13. The predicted octanol–water partition coefficient (Wildman–Crippen LogP) is 3.68. The average Bonchev–Trinajstić information content (AvgIpc) is 3.31. The number of hydrogen-bond donors (Lipinski definition) is 2. The molecule has 0 aliphatic heterocycles. The molecular weight excluding hydrogens is 346 g/mol. The van der Waals surface area contributed by atoms with Gasteiger partial charge in [0.1, 0.15) is 0 Å². The van der Waals surface area contributed by atoms with Crippen LogP contribution in [-0.4, -0.2) is 23.3 Å². The zero-order valence-corrected chi connectivity index (χ0v) is 15.9. The van der Waals surface area contributed by atoms with Crippen LogP contribution in [0.3, 0.4) is 0 Å². The summed E-state index contributed by atoms with van der Waals surface area (Å²) in [6, 6.07) is 0. The van der Waals surface area contributed by atoms with Crippen LogP contribution in [0.4, 0.5) is 5.13 Å². The lowest BCUT2D eigenvalue weighted by Crippen LogP contribution is -2.48. The Morgan fingerprint density at radius 2 is 1.73 bits per heavy atom. The Bertz CT molecular complexity index is 689. The van der Waals surface area contributed by atoms with E-state index in [1.54, 1.807) is 0 Å². The van der Waals surface area contributed by atoms with Gasteiger partial charge in [-0.2, -0.15) is 0 Å². The molecule has 5 aliphatic carbocycles. The van der Waals surface area contributed by atoms with Gasteiger partial charge in [0.15, 0.2) is 5.13 Å². The van der Waals surface area contributed by atoms with Crippen LogP contribution in [0.15, 0.2) is 5.38 Å². The molecule has 1 heterocycles. The molecule has 0 radical (unpaired) electrons. The Balaban J connectivity index is 1.11. The van der Waals surface area contributed by atoms with Crippen molar-refractivity contribution >= 4 is 28.3 Å². The first-order valence-electron chi connectivity index (χ1n) is 10.1. The van der Waals surface area contributed by atoms with Gasteiger partial charge >= 0.3 is 0 Å². The van der Waals surface area contributed by atoms with E-state index in [2.05, 4.69) is 15.6 Å². The summed E-state index contributed by atoms with van der Waals surface area (Å²) in [6.45, 7) is 0.0452. The Hall–Kier alpha value is -1.43. The summed E-state index contributed by atoms with van der Waals surface area (Å²) in [7, 11) is 0. The van der Waals surface area contributed by atoms with E-state index in [1.165, 1.54) is 62.7 Å². The number of nitrogens with one attached hydrogen (secondary N) is 2. The van der Waals surface area contributed by atoms with Gasteiger partial charge in [0.2, 0.25) is 11.8 Å². The minimum atomic E-state index is -0.180. The molecule has 0 aromatic carbocycles. The molecule has 6 rings (SSSR count). The third-order valence-corrected chi connectivity index (χ3v) is 7.69. The van der Waals surface area contributed by atoms with Gasteiger partial charge in [-0.3, -0.25) is 9.59 Å². The lowest BCUT2D eigenvalue weighted by molar-refractivity contribution is -0.131. The van der Waals surface area contributed by atoms with Crippen LogP contribution in [0.2, 0.25) is 0 Å². The maximum absolute atomic E-state index is 12.5. The van der Waals surface area contributed by atoms with Crippen molar-refractivity contribution in [2.45, 2.75) is 63.7 Å². The predicted molar refractivity (Wildman–Crippen MR) is 101 cm³/mol. The second kappa shape index (κ2) is 6.32. The fourth-order valence-electron chi connectivity index (χ4n) is 6.16. The summed E-state index contributed by atoms with van der Waals surface area (Å²) < 4.78 is 0. The van der Waals surface area contributed by atoms with Crippen molar-refractivity contribution in [3.63, 3.8) is 0 Å². The number of amides is 2. The Kier molecular flexibility index (Phi) is 4.07. The van der Waals surface area contributed by atoms with Crippen molar-refractivity contribution in [2.75, 3.05) is 11.9 Å². The smallest absolute Gasteiger partial charge is 0.245 e. The van der Waals surface area contributed by atoms with E-state index in [4.69, 9.17) is 0 Å². The highest BCUT2D eigenvalue weighted by atomic mass is 32.1. The van der Waals surface area contributed by atoms with E-state index >= 15 is 0 Å². The van der Waals surface area contributed by atoms with Crippen molar-refractivity contribution in [2.24, 2.45) is 23.2 Å². The fraction of sp³-hybridized carbons (Fsp3) is 0.750. The average molecular weight is 374 g/mol. The first-order chi connectivity index (χ1) is 12.6. The first kappa shape index (κ1) is 16.7. The summed E-state index contributed by atoms with van der Waals surface area (Å²) in [5.41, 5.74) is 1.32. The molecule has 4 bridgehead atoms. The van der Waals surface area contributed by atoms with Crippen molar-refractivity contribution < 1.29 is 9.59 Å². The van der Waals surface area contributed by atoms with Gasteiger partial charge in [0.05, 0.1) is 12.2 Å². The number of anilines is 1. The topological polar surface area (TPSA) is 71.1 Å². The molecule has 1 aromatic rings. The molecule has 5 aliphatic rings. The van der Waals surface area contributed by atoms with Crippen LogP contribution in [0.5, 0.6) is 0 Å². The minimum Gasteiger partial charge on any atom is -0.347 e. The Labute approximate surface area is 158 Å². The second-order valence-corrected chi connectivity index (χ2v) is 10.1. The van der Waals surface area contributed by atoms with Crippen LogP contribution < -0.4 is 10.6 Å². The molecule has 5 saturated carbocycles. The van der Waals surface area contributed by atoms with Crippen LogP contribution in [0.1, 0.15) is 69.4 Å². The summed E-state index contributed by atoms with van der Waals surface area (Å²) in [4.78, 5) is 29.1. The van der Waals surface area contributed by atoms with Crippen LogP contribution in [0.25, 0.3) is 0 Å². The van der Waals surface area contributed by atoms with Gasteiger partial charge in [0, 0.05) is 17.7 Å².